The highest BCUT2D eigenvalue weighted by atomic mass is 32.1. The number of aromatic nitrogens is 2. The molecule has 0 aliphatic carbocycles. The molecular weight excluding hydrogens is 430 g/mol. The number of imidazole rings is 1. The summed E-state index contributed by atoms with van der Waals surface area (Å²) in [6.45, 7) is 2.96. The summed E-state index contributed by atoms with van der Waals surface area (Å²) in [6.07, 6.45) is 3.79. The van der Waals surface area contributed by atoms with Gasteiger partial charge in [0.2, 0.25) is 0 Å². The smallest absolute Gasteiger partial charge is 0.304 e. The number of thiol groups is 1. The van der Waals surface area contributed by atoms with Crippen molar-refractivity contribution in [3.63, 3.8) is 0 Å². The number of hydrogen-bond donors (Lipinski definition) is 3. The Morgan fingerprint density at radius 1 is 1.03 bits per heavy atom. The SMILES string of the molecule is O=C(O)CCN1CCN(C(=O)c2ccn3cc(-c4ccc(C(=O)NS)cc4)nc3c2)CC1. The Morgan fingerprint density at radius 3 is 2.41 bits per heavy atom. The van der Waals surface area contributed by atoms with Crippen LogP contribution in [-0.2, 0) is 4.79 Å². The molecule has 2 amide bonds. The van der Waals surface area contributed by atoms with E-state index < -0.39 is 5.97 Å². The van der Waals surface area contributed by atoms with Crippen molar-refractivity contribution in [1.82, 2.24) is 23.9 Å². The number of pyridine rings is 1. The molecule has 0 atom stereocenters. The summed E-state index contributed by atoms with van der Waals surface area (Å²) < 4.78 is 4.14. The molecule has 2 N–H and O–H groups in total. The van der Waals surface area contributed by atoms with Crippen LogP contribution in [0.15, 0.2) is 48.8 Å². The average molecular weight is 454 g/mol. The highest BCUT2D eigenvalue weighted by molar-refractivity contribution is 7.78. The number of carbonyl (C=O) groups is 3. The highest BCUT2D eigenvalue weighted by Crippen LogP contribution is 2.21. The number of hydrogen-bond acceptors (Lipinski definition) is 6. The van der Waals surface area contributed by atoms with Crippen LogP contribution in [0.25, 0.3) is 16.9 Å². The van der Waals surface area contributed by atoms with Crippen molar-refractivity contribution in [2.24, 2.45) is 0 Å². The standard InChI is InChI=1S/C22H23N5O4S/c28-20(29)6-7-25-9-11-26(12-10-25)22(31)17-5-8-27-14-18(23-19(27)13-17)15-1-3-16(4-2-15)21(30)24-32/h1-5,8,13-14,32H,6-7,9-12H2,(H,24,30)(H,28,29). The third-order valence-corrected chi connectivity index (χ3v) is 5.76. The lowest BCUT2D eigenvalue weighted by atomic mass is 10.1. The van der Waals surface area contributed by atoms with Crippen molar-refractivity contribution in [3.05, 3.63) is 59.9 Å². The van der Waals surface area contributed by atoms with E-state index in [0.717, 1.165) is 11.3 Å². The zero-order valence-electron chi connectivity index (χ0n) is 17.3. The topological polar surface area (TPSA) is 107 Å². The van der Waals surface area contributed by atoms with Gasteiger partial charge in [0.25, 0.3) is 11.8 Å². The third-order valence-electron chi connectivity index (χ3n) is 5.55. The van der Waals surface area contributed by atoms with Gasteiger partial charge in [-0.15, -0.1) is 0 Å². The van der Waals surface area contributed by atoms with Crippen LogP contribution in [0.4, 0.5) is 0 Å². The van der Waals surface area contributed by atoms with E-state index in [-0.39, 0.29) is 18.2 Å². The number of aliphatic carboxylic acids is 1. The number of benzene rings is 1. The van der Waals surface area contributed by atoms with E-state index in [2.05, 4.69) is 27.4 Å². The number of carbonyl (C=O) groups excluding carboxylic acids is 2. The number of nitrogens with zero attached hydrogens (tertiary/aromatic N) is 4. The van der Waals surface area contributed by atoms with E-state index in [1.807, 2.05) is 28.9 Å². The molecule has 9 nitrogen and oxygen atoms in total. The second-order valence-corrected chi connectivity index (χ2v) is 7.83. The predicted molar refractivity (Wildman–Crippen MR) is 122 cm³/mol. The van der Waals surface area contributed by atoms with Crippen molar-refractivity contribution in [2.75, 3.05) is 32.7 Å². The number of nitrogens with one attached hydrogen (secondary N) is 1. The Kier molecular flexibility index (Phi) is 6.42. The number of fused-ring (bicyclic) bond motifs is 1. The lowest BCUT2D eigenvalue weighted by molar-refractivity contribution is -0.137. The largest absolute Gasteiger partial charge is 0.481 e. The van der Waals surface area contributed by atoms with Crippen molar-refractivity contribution < 1.29 is 19.5 Å². The van der Waals surface area contributed by atoms with E-state index in [0.29, 0.717) is 49.5 Å². The zero-order valence-corrected chi connectivity index (χ0v) is 18.2. The molecular formula is C22H23N5O4S. The molecule has 1 saturated heterocycles. The lowest BCUT2D eigenvalue weighted by Crippen LogP contribution is -2.49. The summed E-state index contributed by atoms with van der Waals surface area (Å²) in [5.41, 5.74) is 3.32. The number of carboxylic acids is 1. The monoisotopic (exact) mass is 453 g/mol. The highest BCUT2D eigenvalue weighted by Gasteiger charge is 2.23. The fourth-order valence-corrected chi connectivity index (χ4v) is 3.85. The first-order valence-corrected chi connectivity index (χ1v) is 10.7. The molecule has 0 spiro atoms. The Morgan fingerprint density at radius 2 is 1.75 bits per heavy atom. The van der Waals surface area contributed by atoms with Gasteiger partial charge in [0, 0.05) is 61.8 Å². The van der Waals surface area contributed by atoms with E-state index in [1.165, 1.54) is 0 Å². The number of rotatable bonds is 6. The van der Waals surface area contributed by atoms with Gasteiger partial charge in [0.05, 0.1) is 12.1 Å². The second kappa shape index (κ2) is 9.41. The normalized spacial score (nSPS) is 14.5. The number of piperazine rings is 1. The summed E-state index contributed by atoms with van der Waals surface area (Å²) >= 11 is 3.77. The minimum Gasteiger partial charge on any atom is -0.481 e. The quantitative estimate of drug-likeness (QED) is 0.492. The maximum absolute atomic E-state index is 13.0. The van der Waals surface area contributed by atoms with Gasteiger partial charge in [0.1, 0.15) is 5.65 Å². The van der Waals surface area contributed by atoms with Crippen molar-refractivity contribution in [1.29, 1.82) is 0 Å². The van der Waals surface area contributed by atoms with Crippen LogP contribution in [-0.4, -0.2) is 74.8 Å². The average Bonchev–Trinajstić information content (AvgIpc) is 3.25. The first kappa shape index (κ1) is 21.8. The van der Waals surface area contributed by atoms with E-state index in [9.17, 15) is 14.4 Å². The number of amides is 2. The van der Waals surface area contributed by atoms with Crippen LogP contribution in [0.3, 0.4) is 0 Å². The molecule has 10 heteroatoms. The maximum atomic E-state index is 13.0. The summed E-state index contributed by atoms with van der Waals surface area (Å²) in [7, 11) is 0. The molecule has 32 heavy (non-hydrogen) atoms. The number of carboxylic acid groups (broad SMARTS) is 1. The van der Waals surface area contributed by atoms with Gasteiger partial charge >= 0.3 is 5.97 Å². The van der Waals surface area contributed by atoms with Gasteiger partial charge in [-0.25, -0.2) is 4.98 Å². The molecule has 1 aliphatic rings. The van der Waals surface area contributed by atoms with E-state index >= 15 is 0 Å². The van der Waals surface area contributed by atoms with Crippen molar-refractivity contribution in [2.45, 2.75) is 6.42 Å². The Hall–Kier alpha value is -3.37. The van der Waals surface area contributed by atoms with Crippen molar-refractivity contribution in [3.8, 4) is 11.3 Å². The molecule has 0 bridgehead atoms. The first-order chi connectivity index (χ1) is 15.4. The van der Waals surface area contributed by atoms with Gasteiger partial charge < -0.3 is 14.4 Å². The molecule has 2 aromatic heterocycles. The summed E-state index contributed by atoms with van der Waals surface area (Å²) in [5.74, 6) is -1.15. The van der Waals surface area contributed by atoms with E-state index in [4.69, 9.17) is 5.11 Å². The van der Waals surface area contributed by atoms with Gasteiger partial charge in [-0.1, -0.05) is 24.9 Å². The molecule has 0 saturated carbocycles. The molecule has 4 rings (SSSR count). The molecule has 1 aliphatic heterocycles. The predicted octanol–water partition coefficient (Wildman–Crippen LogP) is 1.81. The summed E-state index contributed by atoms with van der Waals surface area (Å²) in [6, 6.07) is 10.6. The summed E-state index contributed by atoms with van der Waals surface area (Å²) in [5, 5.41) is 8.82. The fraction of sp³-hybridized carbons (Fsp3) is 0.273. The Bertz CT molecular complexity index is 1150. The molecule has 1 aromatic carbocycles. The van der Waals surface area contributed by atoms with Crippen LogP contribution in [0.5, 0.6) is 0 Å². The Labute approximate surface area is 190 Å². The lowest BCUT2D eigenvalue weighted by Gasteiger charge is -2.34. The molecule has 0 unspecified atom stereocenters. The Balaban J connectivity index is 1.45. The van der Waals surface area contributed by atoms with Crippen LogP contribution >= 0.6 is 12.8 Å². The molecule has 1 fully saturated rings. The molecule has 0 radical (unpaired) electrons. The molecule has 166 valence electrons. The van der Waals surface area contributed by atoms with E-state index in [1.54, 1.807) is 29.2 Å². The van der Waals surface area contributed by atoms with Crippen LogP contribution < -0.4 is 4.72 Å². The fourth-order valence-electron chi connectivity index (χ4n) is 3.72. The second-order valence-electron chi connectivity index (χ2n) is 7.60. The zero-order chi connectivity index (χ0) is 22.7. The summed E-state index contributed by atoms with van der Waals surface area (Å²) in [4.78, 5) is 43.8. The van der Waals surface area contributed by atoms with Gasteiger partial charge in [-0.2, -0.15) is 0 Å². The first-order valence-electron chi connectivity index (χ1n) is 10.2. The van der Waals surface area contributed by atoms with Gasteiger partial charge in [0.15, 0.2) is 0 Å². The van der Waals surface area contributed by atoms with Crippen LogP contribution in [0.2, 0.25) is 0 Å². The maximum Gasteiger partial charge on any atom is 0.304 e. The van der Waals surface area contributed by atoms with Crippen LogP contribution in [0, 0.1) is 0 Å². The molecule has 3 heterocycles. The van der Waals surface area contributed by atoms with Gasteiger partial charge in [-0.05, 0) is 24.3 Å². The minimum absolute atomic E-state index is 0.0583. The van der Waals surface area contributed by atoms with Crippen molar-refractivity contribution >= 4 is 36.2 Å². The van der Waals surface area contributed by atoms with Gasteiger partial charge in [-0.3, -0.25) is 24.0 Å². The van der Waals surface area contributed by atoms with Crippen LogP contribution in [0.1, 0.15) is 27.1 Å². The third kappa shape index (κ3) is 4.76. The minimum atomic E-state index is -0.810. The molecule has 3 aromatic rings.